The van der Waals surface area contributed by atoms with E-state index in [0.717, 1.165) is 27.0 Å². The van der Waals surface area contributed by atoms with E-state index < -0.39 is 0 Å². The van der Waals surface area contributed by atoms with Crippen LogP contribution >= 0.6 is 27.5 Å². The summed E-state index contributed by atoms with van der Waals surface area (Å²) < 4.78 is 4.75. The summed E-state index contributed by atoms with van der Waals surface area (Å²) >= 11 is 9.47. The molecule has 0 aliphatic carbocycles. The van der Waals surface area contributed by atoms with Crippen LogP contribution in [0, 0.1) is 13.8 Å². The second-order valence-electron chi connectivity index (χ2n) is 7.32. The highest BCUT2D eigenvalue weighted by molar-refractivity contribution is 9.10. The van der Waals surface area contributed by atoms with Crippen LogP contribution in [0.5, 0.6) is 0 Å². The van der Waals surface area contributed by atoms with Crippen molar-refractivity contribution in [3.63, 3.8) is 0 Å². The van der Waals surface area contributed by atoms with Crippen molar-refractivity contribution in [1.29, 1.82) is 0 Å². The first-order chi connectivity index (χ1) is 14.9. The molecule has 0 radical (unpaired) electrons. The Labute approximate surface area is 194 Å². The van der Waals surface area contributed by atoms with Gasteiger partial charge in [0.2, 0.25) is 0 Å². The number of halogens is 2. The first-order valence-electron chi connectivity index (χ1n) is 9.77. The van der Waals surface area contributed by atoms with Gasteiger partial charge in [0.1, 0.15) is 0 Å². The number of benzene rings is 2. The number of aryl methyl sites for hydroxylation is 1. The monoisotopic (exact) mass is 497 g/mol. The third-order valence-corrected chi connectivity index (χ3v) is 6.38. The highest BCUT2D eigenvalue weighted by Gasteiger charge is 2.11. The molecule has 0 aliphatic heterocycles. The lowest BCUT2D eigenvalue weighted by molar-refractivity contribution is 0.102. The molecule has 0 saturated heterocycles. The summed E-state index contributed by atoms with van der Waals surface area (Å²) in [5, 5.41) is 12.5. The van der Waals surface area contributed by atoms with E-state index in [1.54, 1.807) is 10.7 Å². The lowest BCUT2D eigenvalue weighted by Crippen LogP contribution is -2.13. The third-order valence-electron chi connectivity index (χ3n) is 4.98. The smallest absolute Gasteiger partial charge is 0.256 e. The molecule has 8 heteroatoms. The predicted octanol–water partition coefficient (Wildman–Crippen LogP) is 5.46. The number of amides is 1. The normalized spacial score (nSPS) is 11.0. The van der Waals surface area contributed by atoms with Crippen molar-refractivity contribution in [2.45, 2.75) is 26.9 Å². The van der Waals surface area contributed by atoms with Crippen LogP contribution in [0.1, 0.15) is 32.9 Å². The number of hydrogen-bond donors (Lipinski definition) is 1. The lowest BCUT2D eigenvalue weighted by atomic mass is 10.1. The zero-order chi connectivity index (χ0) is 22.0. The Balaban J connectivity index is 1.38. The van der Waals surface area contributed by atoms with Crippen molar-refractivity contribution in [2.75, 3.05) is 5.32 Å². The standard InChI is InChI=1S/C23H21BrClN5O/c1-15-22(24)16(2)30(27-15)14-18-3-7-19(8-4-18)23(31)26-21-11-12-29(28-21)13-17-5-9-20(25)10-6-17/h3-12H,13-14H2,1-2H3,(H,26,28,31). The van der Waals surface area contributed by atoms with Crippen molar-refractivity contribution in [3.8, 4) is 0 Å². The van der Waals surface area contributed by atoms with Gasteiger partial charge in [0.15, 0.2) is 5.82 Å². The van der Waals surface area contributed by atoms with Crippen molar-refractivity contribution in [2.24, 2.45) is 0 Å². The molecule has 2 aromatic heterocycles. The minimum atomic E-state index is -0.197. The quantitative estimate of drug-likeness (QED) is 0.384. The molecule has 0 saturated carbocycles. The molecular formula is C23H21BrClN5O. The van der Waals surface area contributed by atoms with Crippen LogP contribution < -0.4 is 5.32 Å². The molecule has 0 aliphatic rings. The molecule has 158 valence electrons. The maximum absolute atomic E-state index is 12.6. The van der Waals surface area contributed by atoms with Gasteiger partial charge in [-0.15, -0.1) is 0 Å². The highest BCUT2D eigenvalue weighted by Crippen LogP contribution is 2.21. The average Bonchev–Trinajstić information content (AvgIpc) is 3.29. The maximum Gasteiger partial charge on any atom is 0.256 e. The van der Waals surface area contributed by atoms with Gasteiger partial charge in [0.25, 0.3) is 5.91 Å². The number of carbonyl (C=O) groups excluding carboxylic acids is 1. The molecule has 4 rings (SSSR count). The second-order valence-corrected chi connectivity index (χ2v) is 8.55. The van der Waals surface area contributed by atoms with E-state index in [-0.39, 0.29) is 5.91 Å². The van der Waals surface area contributed by atoms with Gasteiger partial charge in [0, 0.05) is 22.8 Å². The van der Waals surface area contributed by atoms with Crippen LogP contribution in [0.2, 0.25) is 5.02 Å². The summed E-state index contributed by atoms with van der Waals surface area (Å²) in [6, 6.07) is 16.9. The van der Waals surface area contributed by atoms with E-state index in [0.29, 0.717) is 29.5 Å². The summed E-state index contributed by atoms with van der Waals surface area (Å²) in [7, 11) is 0. The molecule has 31 heavy (non-hydrogen) atoms. The summed E-state index contributed by atoms with van der Waals surface area (Å²) in [5.74, 6) is 0.313. The molecule has 0 atom stereocenters. The van der Waals surface area contributed by atoms with E-state index >= 15 is 0 Å². The Morgan fingerprint density at radius 3 is 2.26 bits per heavy atom. The Kier molecular flexibility index (Phi) is 6.25. The zero-order valence-corrected chi connectivity index (χ0v) is 19.5. The predicted molar refractivity (Wildman–Crippen MR) is 126 cm³/mol. The maximum atomic E-state index is 12.6. The Hall–Kier alpha value is -2.90. The van der Waals surface area contributed by atoms with Crippen molar-refractivity contribution in [3.05, 3.63) is 98.4 Å². The summed E-state index contributed by atoms with van der Waals surface area (Å²) in [5.41, 5.74) is 4.76. The fourth-order valence-corrected chi connectivity index (χ4v) is 3.66. The van der Waals surface area contributed by atoms with E-state index in [1.807, 2.05) is 73.3 Å². The molecule has 1 N–H and O–H groups in total. The van der Waals surface area contributed by atoms with Gasteiger partial charge in [-0.05, 0) is 65.2 Å². The first-order valence-corrected chi connectivity index (χ1v) is 10.9. The molecule has 0 spiro atoms. The van der Waals surface area contributed by atoms with Crippen molar-refractivity contribution in [1.82, 2.24) is 19.6 Å². The molecule has 4 aromatic rings. The minimum absolute atomic E-state index is 0.197. The number of rotatable bonds is 6. The Bertz CT molecular complexity index is 1210. The highest BCUT2D eigenvalue weighted by atomic mass is 79.9. The topological polar surface area (TPSA) is 64.7 Å². The Morgan fingerprint density at radius 2 is 1.61 bits per heavy atom. The SMILES string of the molecule is Cc1nn(Cc2ccc(C(=O)Nc3ccn(Cc4ccc(Cl)cc4)n3)cc2)c(C)c1Br. The summed E-state index contributed by atoms with van der Waals surface area (Å²) in [6.07, 6.45) is 1.83. The summed E-state index contributed by atoms with van der Waals surface area (Å²) in [4.78, 5) is 12.6. The van der Waals surface area contributed by atoms with Crippen LogP contribution in [0.4, 0.5) is 5.82 Å². The molecule has 0 bridgehead atoms. The van der Waals surface area contributed by atoms with Crippen LogP contribution in [-0.4, -0.2) is 25.5 Å². The first kappa shape index (κ1) is 21.3. The van der Waals surface area contributed by atoms with Gasteiger partial charge in [0.05, 0.1) is 29.0 Å². The van der Waals surface area contributed by atoms with E-state index in [9.17, 15) is 4.79 Å². The van der Waals surface area contributed by atoms with E-state index in [1.165, 1.54) is 0 Å². The van der Waals surface area contributed by atoms with Gasteiger partial charge in [-0.1, -0.05) is 35.9 Å². The van der Waals surface area contributed by atoms with Crippen molar-refractivity contribution >= 4 is 39.3 Å². The molecule has 6 nitrogen and oxygen atoms in total. The van der Waals surface area contributed by atoms with Crippen molar-refractivity contribution < 1.29 is 4.79 Å². The van der Waals surface area contributed by atoms with Crippen LogP contribution in [0.25, 0.3) is 0 Å². The molecule has 1 amide bonds. The molecule has 0 unspecified atom stereocenters. The number of aromatic nitrogens is 4. The molecule has 0 fully saturated rings. The fourth-order valence-electron chi connectivity index (χ4n) is 3.25. The van der Waals surface area contributed by atoms with Gasteiger partial charge in [-0.2, -0.15) is 10.2 Å². The lowest BCUT2D eigenvalue weighted by Gasteiger charge is -2.07. The van der Waals surface area contributed by atoms with Crippen LogP contribution in [0.15, 0.2) is 65.3 Å². The number of hydrogen-bond acceptors (Lipinski definition) is 3. The molecular weight excluding hydrogens is 478 g/mol. The Morgan fingerprint density at radius 1 is 0.968 bits per heavy atom. The van der Waals surface area contributed by atoms with Crippen LogP contribution in [-0.2, 0) is 13.1 Å². The van der Waals surface area contributed by atoms with Gasteiger partial charge in [-0.3, -0.25) is 14.2 Å². The zero-order valence-electron chi connectivity index (χ0n) is 17.1. The van der Waals surface area contributed by atoms with Gasteiger partial charge in [-0.25, -0.2) is 0 Å². The average molecular weight is 499 g/mol. The summed E-state index contributed by atoms with van der Waals surface area (Å²) in [6.45, 7) is 5.25. The van der Waals surface area contributed by atoms with Crippen LogP contribution in [0.3, 0.4) is 0 Å². The number of nitrogens with one attached hydrogen (secondary N) is 1. The van der Waals surface area contributed by atoms with Gasteiger partial charge >= 0.3 is 0 Å². The molecule has 2 aromatic carbocycles. The minimum Gasteiger partial charge on any atom is -0.305 e. The fraction of sp³-hybridized carbons (Fsp3) is 0.174. The van der Waals surface area contributed by atoms with E-state index in [2.05, 4.69) is 31.4 Å². The largest absolute Gasteiger partial charge is 0.305 e. The van der Waals surface area contributed by atoms with Gasteiger partial charge < -0.3 is 5.32 Å². The second kappa shape index (κ2) is 9.08. The number of carbonyl (C=O) groups is 1. The number of anilines is 1. The molecule has 2 heterocycles. The van der Waals surface area contributed by atoms with E-state index in [4.69, 9.17) is 11.6 Å². The number of nitrogens with zero attached hydrogens (tertiary/aromatic N) is 4. The third kappa shape index (κ3) is 5.06.